The number of rotatable bonds is 17. The first kappa shape index (κ1) is 31.0. The van der Waals surface area contributed by atoms with E-state index in [-0.39, 0.29) is 7.43 Å². The first-order chi connectivity index (χ1) is 12.2. The predicted molar refractivity (Wildman–Crippen MR) is 124 cm³/mol. The molecule has 0 bridgehead atoms. The lowest BCUT2D eigenvalue weighted by Crippen LogP contribution is -2.11. The second kappa shape index (κ2) is 27.5. The van der Waals surface area contributed by atoms with Gasteiger partial charge in [-0.1, -0.05) is 59.0 Å². The van der Waals surface area contributed by atoms with Crippen molar-refractivity contribution >= 4 is 44.7 Å². The van der Waals surface area contributed by atoms with Crippen molar-refractivity contribution in [2.75, 3.05) is 20.8 Å². The molecule has 0 aromatic rings. The third kappa shape index (κ3) is 24.3. The van der Waals surface area contributed by atoms with E-state index in [1.54, 1.807) is 35.7 Å². The first-order valence-electron chi connectivity index (χ1n) is 9.81. The van der Waals surface area contributed by atoms with Gasteiger partial charge >= 0.3 is 0 Å². The van der Waals surface area contributed by atoms with Crippen LogP contribution in [0.1, 0.15) is 65.7 Å². The SMILES string of the molecule is C.[B][B]CCCC(CCC)COC.[B][B]CCCC(CCC[B][B])OC. The van der Waals surface area contributed by atoms with Crippen molar-refractivity contribution in [1.82, 2.24) is 0 Å². The second-order valence-electron chi connectivity index (χ2n) is 6.47. The third-order valence-electron chi connectivity index (χ3n) is 4.21. The zero-order valence-corrected chi connectivity index (χ0v) is 16.9. The second-order valence-corrected chi connectivity index (χ2v) is 6.47. The molecule has 0 fully saturated rings. The lowest BCUT2D eigenvalue weighted by molar-refractivity contribution is 0.0868. The molecule has 0 amide bonds. The van der Waals surface area contributed by atoms with Gasteiger partial charge in [-0.3, -0.25) is 0 Å². The van der Waals surface area contributed by atoms with E-state index in [1.807, 2.05) is 0 Å². The van der Waals surface area contributed by atoms with Gasteiger partial charge in [0.25, 0.3) is 0 Å². The van der Waals surface area contributed by atoms with Crippen LogP contribution in [-0.4, -0.2) is 71.7 Å². The highest BCUT2D eigenvalue weighted by Gasteiger charge is 2.06. The summed E-state index contributed by atoms with van der Waals surface area (Å²) in [7, 11) is 24.6. The van der Waals surface area contributed by atoms with E-state index in [0.717, 1.165) is 57.2 Å². The Bertz CT molecular complexity index is 222. The molecule has 0 aromatic carbocycles. The molecular weight excluding hydrogens is 313 g/mol. The van der Waals surface area contributed by atoms with Crippen LogP contribution in [0.5, 0.6) is 0 Å². The summed E-state index contributed by atoms with van der Waals surface area (Å²) in [5, 5.41) is 0. The van der Waals surface area contributed by atoms with Crippen LogP contribution < -0.4 is 0 Å². The number of ether oxygens (including phenoxy) is 2. The Balaban J connectivity index is -0.000000393. The molecule has 8 heteroatoms. The van der Waals surface area contributed by atoms with Crippen molar-refractivity contribution < 1.29 is 9.47 Å². The molecule has 2 nitrogen and oxygen atoms in total. The van der Waals surface area contributed by atoms with Crippen LogP contribution in [0, 0.1) is 5.92 Å². The average Bonchev–Trinajstić information content (AvgIpc) is 2.62. The number of hydrogen-bond acceptors (Lipinski definition) is 2. The Labute approximate surface area is 172 Å². The lowest BCUT2D eigenvalue weighted by atomic mass is 9.52. The lowest BCUT2D eigenvalue weighted by Gasteiger charge is -2.14. The van der Waals surface area contributed by atoms with Gasteiger partial charge in [0.15, 0.2) is 0 Å². The van der Waals surface area contributed by atoms with Gasteiger partial charge in [0.2, 0.25) is 0 Å². The molecular formula is C18H39B6O2. The highest BCUT2D eigenvalue weighted by molar-refractivity contribution is 6.89. The summed E-state index contributed by atoms with van der Waals surface area (Å²) in [5.41, 5.74) is 0. The van der Waals surface area contributed by atoms with Crippen molar-refractivity contribution in [3.8, 4) is 0 Å². The maximum atomic E-state index is 5.33. The van der Waals surface area contributed by atoms with Crippen LogP contribution >= 0.6 is 0 Å². The smallest absolute Gasteiger partial charge is 0.0570 e. The molecule has 0 aliphatic rings. The van der Waals surface area contributed by atoms with Crippen molar-refractivity contribution in [3.63, 3.8) is 0 Å². The molecule has 1 atom stereocenters. The fourth-order valence-electron chi connectivity index (χ4n) is 2.79. The minimum atomic E-state index is 0. The average molecular weight is 352 g/mol. The normalized spacial score (nSPS) is 11.1. The van der Waals surface area contributed by atoms with Crippen molar-refractivity contribution in [2.45, 2.75) is 90.8 Å². The molecule has 9 radical (unpaired) electrons. The quantitative estimate of drug-likeness (QED) is 0.294. The van der Waals surface area contributed by atoms with Crippen LogP contribution in [0.2, 0.25) is 19.0 Å². The van der Waals surface area contributed by atoms with Gasteiger partial charge in [0, 0.05) is 44.0 Å². The molecule has 0 saturated heterocycles. The summed E-state index contributed by atoms with van der Waals surface area (Å²) >= 11 is 0. The number of methoxy groups -OCH3 is 2. The Kier molecular flexibility index (Phi) is 32.8. The molecule has 0 aliphatic carbocycles. The molecule has 0 heterocycles. The van der Waals surface area contributed by atoms with Crippen LogP contribution in [0.3, 0.4) is 0 Å². The summed E-state index contributed by atoms with van der Waals surface area (Å²) in [4.78, 5) is 0. The van der Waals surface area contributed by atoms with Gasteiger partial charge in [0.05, 0.1) is 27.6 Å². The van der Waals surface area contributed by atoms with Crippen LogP contribution in [-0.2, 0) is 9.47 Å². The third-order valence-corrected chi connectivity index (χ3v) is 4.21. The molecule has 0 N–H and O–H groups in total. The maximum Gasteiger partial charge on any atom is 0.0570 e. The van der Waals surface area contributed by atoms with Gasteiger partial charge in [-0.25, -0.2) is 0 Å². The van der Waals surface area contributed by atoms with Gasteiger partial charge < -0.3 is 9.47 Å². The van der Waals surface area contributed by atoms with Crippen LogP contribution in [0.4, 0.5) is 0 Å². The Hall–Kier alpha value is 0.310. The van der Waals surface area contributed by atoms with E-state index < -0.39 is 0 Å². The fraction of sp³-hybridized carbons (Fsp3) is 1.00. The van der Waals surface area contributed by atoms with Gasteiger partial charge in [0.1, 0.15) is 0 Å². The van der Waals surface area contributed by atoms with Crippen molar-refractivity contribution in [2.24, 2.45) is 5.92 Å². The molecule has 0 saturated carbocycles. The standard InChI is InChI=1S/C9H19B2O.C8H16B4O.CH4/c1-3-5-9(8-12-2)6-4-7-11-10;1-13-8(4-2-6-11-9)5-3-7-12-10;/h9H,3-8H2,1-2H3;8H,2-7H2,1H3;1H4. The molecule has 26 heavy (non-hydrogen) atoms. The zero-order valence-electron chi connectivity index (χ0n) is 16.9. The number of hydrogen-bond donors (Lipinski definition) is 0. The van der Waals surface area contributed by atoms with Crippen LogP contribution in [0.15, 0.2) is 0 Å². The topological polar surface area (TPSA) is 18.5 Å². The van der Waals surface area contributed by atoms with E-state index >= 15 is 0 Å². The van der Waals surface area contributed by atoms with Gasteiger partial charge in [-0.05, 0) is 31.6 Å². The molecule has 0 aromatic heterocycles. The predicted octanol–water partition coefficient (Wildman–Crippen LogP) is 3.65. The molecule has 1 unspecified atom stereocenters. The summed E-state index contributed by atoms with van der Waals surface area (Å²) in [6.45, 7) is 3.12. The van der Waals surface area contributed by atoms with E-state index in [4.69, 9.17) is 32.7 Å². The monoisotopic (exact) mass is 353 g/mol. The van der Waals surface area contributed by atoms with E-state index in [2.05, 4.69) is 6.92 Å². The van der Waals surface area contributed by atoms with E-state index in [9.17, 15) is 0 Å². The fourth-order valence-corrected chi connectivity index (χ4v) is 2.79. The van der Waals surface area contributed by atoms with Gasteiger partial charge in [-0.2, -0.15) is 0 Å². The Morgan fingerprint density at radius 3 is 1.58 bits per heavy atom. The highest BCUT2D eigenvalue weighted by Crippen LogP contribution is 2.14. The summed E-state index contributed by atoms with van der Waals surface area (Å²) in [6.07, 6.45) is 12.7. The van der Waals surface area contributed by atoms with E-state index in [1.165, 1.54) is 25.7 Å². The van der Waals surface area contributed by atoms with E-state index in [0.29, 0.717) is 6.10 Å². The maximum absolute atomic E-state index is 5.33. The molecule has 0 spiro atoms. The Morgan fingerprint density at radius 2 is 1.23 bits per heavy atom. The summed E-state index contributed by atoms with van der Waals surface area (Å²) in [6, 6.07) is 0. The van der Waals surface area contributed by atoms with Crippen LogP contribution in [0.25, 0.3) is 0 Å². The molecule has 0 aliphatic heterocycles. The van der Waals surface area contributed by atoms with Crippen molar-refractivity contribution in [1.29, 1.82) is 0 Å². The Morgan fingerprint density at radius 1 is 0.769 bits per heavy atom. The first-order valence-corrected chi connectivity index (χ1v) is 9.81. The van der Waals surface area contributed by atoms with Crippen molar-refractivity contribution in [3.05, 3.63) is 0 Å². The molecule has 0 rings (SSSR count). The van der Waals surface area contributed by atoms with Gasteiger partial charge in [-0.15, -0.1) is 0 Å². The minimum absolute atomic E-state index is 0. The molecule has 141 valence electrons. The largest absolute Gasteiger partial charge is 0.384 e. The summed E-state index contributed by atoms with van der Waals surface area (Å²) in [5.74, 6) is 0.736. The zero-order chi connectivity index (χ0) is 19.2. The minimum Gasteiger partial charge on any atom is -0.384 e. The summed E-state index contributed by atoms with van der Waals surface area (Å²) < 4.78 is 10.5. The highest BCUT2D eigenvalue weighted by atomic mass is 16.5.